The van der Waals surface area contributed by atoms with Gasteiger partial charge < -0.3 is 15.0 Å². The van der Waals surface area contributed by atoms with Gasteiger partial charge in [-0.1, -0.05) is 18.2 Å². The van der Waals surface area contributed by atoms with Gasteiger partial charge in [0, 0.05) is 31.9 Å². The number of aromatic nitrogens is 1. The molecule has 0 saturated carbocycles. The second kappa shape index (κ2) is 9.06. The van der Waals surface area contributed by atoms with E-state index < -0.39 is 0 Å². The molecule has 128 valence electrons. The number of ether oxygens (including phenoxy) is 1. The molecule has 0 bridgehead atoms. The number of nitriles is 1. The smallest absolute Gasteiger partial charge is 0.267 e. The molecule has 24 heavy (non-hydrogen) atoms. The fourth-order valence-electron chi connectivity index (χ4n) is 2.68. The van der Waals surface area contributed by atoms with Gasteiger partial charge in [-0.2, -0.15) is 5.26 Å². The van der Waals surface area contributed by atoms with E-state index in [0.29, 0.717) is 23.8 Å². The monoisotopic (exact) mass is 328 g/mol. The summed E-state index contributed by atoms with van der Waals surface area (Å²) in [6.07, 6.45) is 7.61. The van der Waals surface area contributed by atoms with Crippen LogP contribution in [0.1, 0.15) is 29.9 Å². The van der Waals surface area contributed by atoms with E-state index in [0.717, 1.165) is 26.3 Å². The number of nitrogens with one attached hydrogen (secondary N) is 2. The molecule has 6 heteroatoms. The van der Waals surface area contributed by atoms with Crippen LogP contribution in [-0.2, 0) is 4.74 Å². The number of hydrogen-bond donors (Lipinski definition) is 2. The molecular formula is C18H24N4O2. The van der Waals surface area contributed by atoms with Gasteiger partial charge in [-0.05, 0) is 25.5 Å². The summed E-state index contributed by atoms with van der Waals surface area (Å²) in [7, 11) is 0. The Kier molecular flexibility index (Phi) is 6.79. The average molecular weight is 328 g/mol. The van der Waals surface area contributed by atoms with Crippen LogP contribution in [-0.4, -0.2) is 54.7 Å². The van der Waals surface area contributed by atoms with Crippen molar-refractivity contribution in [1.82, 2.24) is 15.2 Å². The lowest BCUT2D eigenvalue weighted by Crippen LogP contribution is -2.42. The van der Waals surface area contributed by atoms with E-state index in [-0.39, 0.29) is 5.91 Å². The highest BCUT2D eigenvalue weighted by atomic mass is 16.5. The number of amides is 1. The van der Waals surface area contributed by atoms with Crippen LogP contribution < -0.4 is 5.32 Å². The number of carbonyl (C=O) groups excluding carboxylic acids is 1. The minimum absolute atomic E-state index is 0.218. The maximum absolute atomic E-state index is 11.9. The fraction of sp³-hybridized carbons (Fsp3) is 0.444. The summed E-state index contributed by atoms with van der Waals surface area (Å²) >= 11 is 0. The Labute approximate surface area is 142 Å². The number of carbonyl (C=O) groups is 1. The third kappa shape index (κ3) is 4.82. The molecule has 2 N–H and O–H groups in total. The molecular weight excluding hydrogens is 304 g/mol. The van der Waals surface area contributed by atoms with E-state index in [1.165, 1.54) is 17.8 Å². The van der Waals surface area contributed by atoms with Gasteiger partial charge in [0.1, 0.15) is 11.8 Å². The van der Waals surface area contributed by atoms with Gasteiger partial charge in [-0.3, -0.25) is 9.69 Å². The van der Waals surface area contributed by atoms with Crippen molar-refractivity contribution < 1.29 is 9.53 Å². The third-order valence-corrected chi connectivity index (χ3v) is 4.16. The van der Waals surface area contributed by atoms with Crippen LogP contribution in [0.2, 0.25) is 0 Å². The number of morpholine rings is 1. The van der Waals surface area contributed by atoms with Gasteiger partial charge in [0.05, 0.1) is 18.8 Å². The van der Waals surface area contributed by atoms with Gasteiger partial charge in [0.15, 0.2) is 0 Å². The van der Waals surface area contributed by atoms with Crippen molar-refractivity contribution in [2.75, 3.05) is 32.8 Å². The molecule has 2 rings (SSSR count). The molecule has 0 radical (unpaired) electrons. The van der Waals surface area contributed by atoms with E-state index in [9.17, 15) is 4.79 Å². The summed E-state index contributed by atoms with van der Waals surface area (Å²) in [4.78, 5) is 17.1. The number of rotatable bonds is 6. The van der Waals surface area contributed by atoms with Crippen LogP contribution in [0.4, 0.5) is 0 Å². The maximum Gasteiger partial charge on any atom is 0.267 e. The zero-order chi connectivity index (χ0) is 17.4. The van der Waals surface area contributed by atoms with Crippen LogP contribution in [0, 0.1) is 11.3 Å². The number of nitrogens with zero attached hydrogens (tertiary/aromatic N) is 2. The molecule has 1 atom stereocenters. The summed E-state index contributed by atoms with van der Waals surface area (Å²) in [5.74, 6) is -0.218. The van der Waals surface area contributed by atoms with Crippen LogP contribution in [0.25, 0.3) is 0 Å². The fourth-order valence-corrected chi connectivity index (χ4v) is 2.68. The van der Waals surface area contributed by atoms with Crippen molar-refractivity contribution in [3.05, 3.63) is 47.3 Å². The standard InChI is InChI=1S/C18H24N4O2/c1-3-16(14(2)22-7-9-24-10-8-22)5-4-6-20-18(23)17-11-15(12-19)13-21-17/h3-5,11,13-14,21H,6-10H2,1-2H3,(H,20,23)/b5-4-,16-3+. The molecule has 1 aliphatic rings. The summed E-state index contributed by atoms with van der Waals surface area (Å²) in [6.45, 7) is 8.09. The lowest BCUT2D eigenvalue weighted by atomic mass is 10.1. The summed E-state index contributed by atoms with van der Waals surface area (Å²) < 4.78 is 5.39. The molecule has 6 nitrogen and oxygen atoms in total. The molecule has 0 aliphatic carbocycles. The van der Waals surface area contributed by atoms with Crippen molar-refractivity contribution in [3.63, 3.8) is 0 Å². The van der Waals surface area contributed by atoms with Crippen molar-refractivity contribution in [2.45, 2.75) is 19.9 Å². The molecule has 1 unspecified atom stereocenters. The van der Waals surface area contributed by atoms with E-state index in [1.54, 1.807) is 0 Å². The van der Waals surface area contributed by atoms with E-state index in [2.05, 4.69) is 34.3 Å². The highest BCUT2D eigenvalue weighted by Crippen LogP contribution is 2.13. The topological polar surface area (TPSA) is 81.2 Å². The van der Waals surface area contributed by atoms with Gasteiger partial charge >= 0.3 is 0 Å². The predicted molar refractivity (Wildman–Crippen MR) is 92.6 cm³/mol. The molecule has 1 aromatic rings. The molecule has 1 amide bonds. The molecule has 1 fully saturated rings. The summed E-state index contributed by atoms with van der Waals surface area (Å²) in [6, 6.07) is 3.85. The molecule has 0 aromatic carbocycles. The molecule has 1 aromatic heterocycles. The minimum Gasteiger partial charge on any atom is -0.379 e. The zero-order valence-corrected chi connectivity index (χ0v) is 14.2. The van der Waals surface area contributed by atoms with Crippen LogP contribution in [0.5, 0.6) is 0 Å². The Bertz CT molecular complexity index is 648. The largest absolute Gasteiger partial charge is 0.379 e. The normalized spacial score (nSPS) is 17.6. The lowest BCUT2D eigenvalue weighted by molar-refractivity contribution is 0.0273. The summed E-state index contributed by atoms with van der Waals surface area (Å²) in [5.41, 5.74) is 2.07. The van der Waals surface area contributed by atoms with Crippen molar-refractivity contribution in [1.29, 1.82) is 5.26 Å². The average Bonchev–Trinajstić information content (AvgIpc) is 3.11. The van der Waals surface area contributed by atoms with Crippen molar-refractivity contribution >= 4 is 5.91 Å². The number of allylic oxidation sites excluding steroid dienone is 1. The summed E-state index contributed by atoms with van der Waals surface area (Å²) in [5, 5.41) is 11.6. The first-order chi connectivity index (χ1) is 11.7. The number of H-pyrrole nitrogens is 1. The minimum atomic E-state index is -0.218. The van der Waals surface area contributed by atoms with Crippen LogP contribution in [0.15, 0.2) is 36.1 Å². The first kappa shape index (κ1) is 18.0. The van der Waals surface area contributed by atoms with E-state index in [1.807, 2.05) is 19.1 Å². The SMILES string of the molecule is C/C=C(\C=C/CNC(=O)c1cc(C#N)c[nH]1)C(C)N1CCOCC1. The van der Waals surface area contributed by atoms with Gasteiger partial charge in [-0.25, -0.2) is 0 Å². The van der Waals surface area contributed by atoms with Gasteiger partial charge in [0.2, 0.25) is 0 Å². The Morgan fingerprint density at radius 2 is 2.29 bits per heavy atom. The number of hydrogen-bond acceptors (Lipinski definition) is 4. The molecule has 1 saturated heterocycles. The molecule has 2 heterocycles. The second-order valence-electron chi connectivity index (χ2n) is 5.64. The van der Waals surface area contributed by atoms with Gasteiger partial charge in [-0.15, -0.1) is 0 Å². The Hall–Kier alpha value is -2.36. The quantitative estimate of drug-likeness (QED) is 0.781. The van der Waals surface area contributed by atoms with Gasteiger partial charge in [0.25, 0.3) is 5.91 Å². The highest BCUT2D eigenvalue weighted by molar-refractivity contribution is 5.92. The lowest BCUT2D eigenvalue weighted by Gasteiger charge is -2.33. The Morgan fingerprint density at radius 3 is 2.92 bits per heavy atom. The molecule has 1 aliphatic heterocycles. The Morgan fingerprint density at radius 1 is 1.54 bits per heavy atom. The first-order valence-electron chi connectivity index (χ1n) is 8.17. The van der Waals surface area contributed by atoms with Crippen molar-refractivity contribution in [3.8, 4) is 6.07 Å². The predicted octanol–water partition coefficient (Wildman–Crippen LogP) is 1.84. The first-order valence-corrected chi connectivity index (χ1v) is 8.17. The second-order valence-corrected chi connectivity index (χ2v) is 5.64. The third-order valence-electron chi connectivity index (χ3n) is 4.16. The maximum atomic E-state index is 11.9. The molecule has 0 spiro atoms. The Balaban J connectivity index is 1.83. The van der Waals surface area contributed by atoms with E-state index in [4.69, 9.17) is 10.00 Å². The highest BCUT2D eigenvalue weighted by Gasteiger charge is 2.18. The number of aromatic amines is 1. The van der Waals surface area contributed by atoms with E-state index >= 15 is 0 Å². The van der Waals surface area contributed by atoms with Crippen LogP contribution >= 0.6 is 0 Å². The van der Waals surface area contributed by atoms with Crippen LogP contribution in [0.3, 0.4) is 0 Å². The zero-order valence-electron chi connectivity index (χ0n) is 14.2. The van der Waals surface area contributed by atoms with Crippen molar-refractivity contribution in [2.24, 2.45) is 0 Å².